The van der Waals surface area contributed by atoms with Crippen molar-refractivity contribution in [3.8, 4) is 11.6 Å². The van der Waals surface area contributed by atoms with Crippen LogP contribution >= 0.6 is 17.7 Å². The fourth-order valence-corrected chi connectivity index (χ4v) is 4.18. The largest absolute Gasteiger partial charge is 0.293 e. The third-order valence-corrected chi connectivity index (χ3v) is 6.82. The van der Waals surface area contributed by atoms with Crippen LogP contribution in [0.4, 0.5) is 0 Å². The molecule has 1 atom stereocenters. The van der Waals surface area contributed by atoms with Crippen molar-refractivity contribution in [1.29, 1.82) is 0 Å². The van der Waals surface area contributed by atoms with E-state index in [1.165, 1.54) is 11.4 Å². The first-order valence-electron chi connectivity index (χ1n) is 5.54. The Balaban J connectivity index is 2.36. The molecule has 18 heavy (non-hydrogen) atoms. The van der Waals surface area contributed by atoms with Crippen molar-refractivity contribution < 1.29 is 4.57 Å². The molecule has 2 aromatic carbocycles. The van der Waals surface area contributed by atoms with Crippen LogP contribution in [0.3, 0.4) is 0 Å². The van der Waals surface area contributed by atoms with Crippen molar-refractivity contribution in [3.05, 3.63) is 66.2 Å². The molecule has 0 unspecified atom stereocenters. The molecular formula is C15H13OPS. The predicted octanol–water partition coefficient (Wildman–Crippen LogP) is 3.96. The fraction of sp³-hybridized carbons (Fsp3) is 0.0667. The van der Waals surface area contributed by atoms with Crippen molar-refractivity contribution in [1.82, 2.24) is 0 Å². The minimum Gasteiger partial charge on any atom is -0.293 e. The molecule has 0 aliphatic rings. The molecule has 0 heterocycles. The fourth-order valence-electron chi connectivity index (χ4n) is 1.50. The highest BCUT2D eigenvalue weighted by Gasteiger charge is 2.19. The van der Waals surface area contributed by atoms with E-state index in [0.717, 1.165) is 10.9 Å². The van der Waals surface area contributed by atoms with Gasteiger partial charge >= 0.3 is 0 Å². The van der Waals surface area contributed by atoms with Crippen LogP contribution in [0.25, 0.3) is 0 Å². The first kappa shape index (κ1) is 13.0. The average molecular weight is 272 g/mol. The van der Waals surface area contributed by atoms with E-state index in [1.807, 2.05) is 66.9 Å². The monoisotopic (exact) mass is 272 g/mol. The van der Waals surface area contributed by atoms with Gasteiger partial charge in [-0.15, -0.1) is 0 Å². The predicted molar refractivity (Wildman–Crippen MR) is 80.5 cm³/mol. The third kappa shape index (κ3) is 3.07. The van der Waals surface area contributed by atoms with Crippen LogP contribution in [-0.4, -0.2) is 6.26 Å². The summed E-state index contributed by atoms with van der Waals surface area (Å²) < 4.78 is 12.7. The third-order valence-electron chi connectivity index (χ3n) is 2.47. The second-order valence-corrected chi connectivity index (χ2v) is 8.52. The zero-order valence-electron chi connectivity index (χ0n) is 10.0. The molecule has 2 rings (SSSR count). The second-order valence-electron chi connectivity index (χ2n) is 3.67. The van der Waals surface area contributed by atoms with Crippen molar-refractivity contribution in [2.24, 2.45) is 0 Å². The summed E-state index contributed by atoms with van der Waals surface area (Å²) in [5, 5.41) is 0.806. The van der Waals surface area contributed by atoms with Crippen LogP contribution in [0.1, 0.15) is 5.56 Å². The van der Waals surface area contributed by atoms with E-state index in [4.69, 9.17) is 0 Å². The van der Waals surface area contributed by atoms with E-state index in [0.29, 0.717) is 0 Å². The lowest BCUT2D eigenvalue weighted by Crippen LogP contribution is -1.98. The molecule has 0 amide bonds. The summed E-state index contributed by atoms with van der Waals surface area (Å²) in [4.78, 5) is 0. The van der Waals surface area contributed by atoms with Crippen molar-refractivity contribution >= 4 is 23.0 Å². The molecule has 0 bridgehead atoms. The van der Waals surface area contributed by atoms with E-state index in [2.05, 4.69) is 11.6 Å². The van der Waals surface area contributed by atoms with Gasteiger partial charge in [-0.1, -0.05) is 53.7 Å². The van der Waals surface area contributed by atoms with E-state index >= 15 is 0 Å². The number of rotatable bonds is 2. The SMILES string of the molecule is CS[P@](=O)(C#Cc1ccccc1)c1ccccc1. The Kier molecular flexibility index (Phi) is 4.31. The molecule has 1 nitrogen and oxygen atoms in total. The molecular weight excluding hydrogens is 259 g/mol. The summed E-state index contributed by atoms with van der Waals surface area (Å²) in [5.41, 5.74) is 3.84. The van der Waals surface area contributed by atoms with Gasteiger partial charge in [0, 0.05) is 10.9 Å². The maximum Gasteiger partial charge on any atom is 0.235 e. The molecule has 0 saturated carbocycles. The molecule has 3 heteroatoms. The number of hydrogen-bond donors (Lipinski definition) is 0. The Morgan fingerprint density at radius 1 is 0.944 bits per heavy atom. The lowest BCUT2D eigenvalue weighted by Gasteiger charge is -2.07. The summed E-state index contributed by atoms with van der Waals surface area (Å²) in [6.07, 6.45) is -0.822. The highest BCUT2D eigenvalue weighted by atomic mass is 32.7. The van der Waals surface area contributed by atoms with Crippen LogP contribution in [0.5, 0.6) is 0 Å². The molecule has 0 aromatic heterocycles. The van der Waals surface area contributed by atoms with Gasteiger partial charge in [0.2, 0.25) is 6.34 Å². The van der Waals surface area contributed by atoms with Crippen molar-refractivity contribution in [2.45, 2.75) is 0 Å². The summed E-state index contributed by atoms with van der Waals surface area (Å²) >= 11 is 1.33. The minimum atomic E-state index is -2.66. The first-order chi connectivity index (χ1) is 8.74. The number of hydrogen-bond acceptors (Lipinski definition) is 2. The van der Waals surface area contributed by atoms with Gasteiger partial charge in [-0.3, -0.25) is 4.57 Å². The molecule has 0 saturated heterocycles. The van der Waals surface area contributed by atoms with Crippen LogP contribution < -0.4 is 5.30 Å². The van der Waals surface area contributed by atoms with Gasteiger partial charge in [0.25, 0.3) is 0 Å². The Morgan fingerprint density at radius 3 is 2.06 bits per heavy atom. The Labute approximate surface area is 112 Å². The highest BCUT2D eigenvalue weighted by molar-refractivity contribution is 8.61. The van der Waals surface area contributed by atoms with Crippen molar-refractivity contribution in [3.63, 3.8) is 0 Å². The van der Waals surface area contributed by atoms with E-state index in [-0.39, 0.29) is 0 Å². The lowest BCUT2D eigenvalue weighted by atomic mass is 10.2. The topological polar surface area (TPSA) is 17.1 Å². The summed E-state index contributed by atoms with van der Waals surface area (Å²) in [6.45, 7) is 0. The summed E-state index contributed by atoms with van der Waals surface area (Å²) in [6, 6.07) is 19.1. The van der Waals surface area contributed by atoms with Gasteiger partial charge in [-0.25, -0.2) is 0 Å². The molecule has 0 aliphatic carbocycles. The maximum atomic E-state index is 12.7. The normalized spacial score (nSPS) is 13.2. The quantitative estimate of drug-likeness (QED) is 0.608. The van der Waals surface area contributed by atoms with Gasteiger partial charge in [-0.2, -0.15) is 0 Å². The Hall–Kier alpha value is -1.42. The smallest absolute Gasteiger partial charge is 0.235 e. The Bertz CT molecular complexity index is 611. The molecule has 0 radical (unpaired) electrons. The summed E-state index contributed by atoms with van der Waals surface area (Å²) in [5.74, 6) is 3.00. The molecule has 0 aliphatic heterocycles. The summed E-state index contributed by atoms with van der Waals surface area (Å²) in [7, 11) is 0. The number of benzene rings is 2. The van der Waals surface area contributed by atoms with Gasteiger partial charge in [0.05, 0.1) is 0 Å². The zero-order chi connectivity index (χ0) is 12.8. The van der Waals surface area contributed by atoms with Gasteiger partial charge in [0.15, 0.2) is 0 Å². The van der Waals surface area contributed by atoms with Gasteiger partial charge < -0.3 is 0 Å². The molecule has 0 fully saturated rings. The van der Waals surface area contributed by atoms with Crippen LogP contribution in [0.15, 0.2) is 60.7 Å². The van der Waals surface area contributed by atoms with Crippen molar-refractivity contribution in [2.75, 3.05) is 6.26 Å². The standard InChI is InChI=1S/C15H13OPS/c1-18-17(16,15-10-6-3-7-11-15)13-12-14-8-4-2-5-9-14/h2-11H,1H3/t17-/m1/s1. The van der Waals surface area contributed by atoms with Crippen LogP contribution in [0.2, 0.25) is 0 Å². The lowest BCUT2D eigenvalue weighted by molar-refractivity contribution is 0.596. The second kappa shape index (κ2) is 5.96. The minimum absolute atomic E-state index is 0.806. The van der Waals surface area contributed by atoms with E-state index < -0.39 is 6.34 Å². The molecule has 0 spiro atoms. The molecule has 0 N–H and O–H groups in total. The van der Waals surface area contributed by atoms with Crippen LogP contribution in [0, 0.1) is 11.6 Å². The molecule has 90 valence electrons. The highest BCUT2D eigenvalue weighted by Crippen LogP contribution is 2.54. The zero-order valence-corrected chi connectivity index (χ0v) is 11.7. The van der Waals surface area contributed by atoms with Gasteiger partial charge in [-0.05, 0) is 36.2 Å². The van der Waals surface area contributed by atoms with E-state index in [9.17, 15) is 4.57 Å². The first-order valence-corrected chi connectivity index (χ1v) is 9.08. The Morgan fingerprint density at radius 2 is 1.50 bits per heavy atom. The van der Waals surface area contributed by atoms with Crippen LogP contribution in [-0.2, 0) is 4.57 Å². The average Bonchev–Trinajstić information content (AvgIpc) is 2.47. The van der Waals surface area contributed by atoms with E-state index in [1.54, 1.807) is 0 Å². The molecule has 2 aromatic rings. The maximum absolute atomic E-state index is 12.7. The van der Waals surface area contributed by atoms with Gasteiger partial charge in [0.1, 0.15) is 0 Å².